The predicted octanol–water partition coefficient (Wildman–Crippen LogP) is 2.12. The molecule has 1 saturated heterocycles. The van der Waals surface area contributed by atoms with E-state index in [-0.39, 0.29) is 23.8 Å². The lowest BCUT2D eigenvalue weighted by molar-refractivity contribution is 0.126. The summed E-state index contributed by atoms with van der Waals surface area (Å²) in [5.74, 6) is 5.83. The molecule has 1 rings (SSSR count). The fraction of sp³-hybridized carbons (Fsp3) is 0.857. The average Bonchev–Trinajstić information content (AvgIpc) is 2.26. The number of aliphatic hydroxyl groups is 1. The van der Waals surface area contributed by atoms with E-state index in [1.54, 1.807) is 0 Å². The molecule has 0 aromatic rings. The van der Waals surface area contributed by atoms with Crippen LogP contribution >= 0.6 is 0 Å². The van der Waals surface area contributed by atoms with Gasteiger partial charge in [-0.05, 0) is 37.5 Å². The van der Waals surface area contributed by atoms with E-state index >= 15 is 0 Å². The van der Waals surface area contributed by atoms with Gasteiger partial charge in [-0.2, -0.15) is 0 Å². The lowest BCUT2D eigenvalue weighted by Gasteiger charge is -2.42. The van der Waals surface area contributed by atoms with Gasteiger partial charge in [0.25, 0.3) is 0 Å². The minimum absolute atomic E-state index is 0.0695. The van der Waals surface area contributed by atoms with Crippen molar-refractivity contribution >= 4 is 8.32 Å². The Bertz CT molecular complexity index is 325. The highest BCUT2D eigenvalue weighted by molar-refractivity contribution is 6.74. The van der Waals surface area contributed by atoms with Crippen LogP contribution in [0.1, 0.15) is 33.6 Å². The topological polar surface area (TPSA) is 41.5 Å². The summed E-state index contributed by atoms with van der Waals surface area (Å²) in [6, 6.07) is 0.0695. The molecule has 0 bridgehead atoms. The number of aliphatic hydroxyl groups excluding tert-OH is 1. The molecular formula is C14H27NO2Si. The van der Waals surface area contributed by atoms with Crippen molar-refractivity contribution in [2.75, 3.05) is 13.2 Å². The molecule has 4 heteroatoms. The quantitative estimate of drug-likeness (QED) is 0.596. The maximum atomic E-state index is 8.81. The van der Waals surface area contributed by atoms with Crippen LogP contribution in [0.2, 0.25) is 18.1 Å². The van der Waals surface area contributed by atoms with E-state index in [4.69, 9.17) is 9.53 Å². The fourth-order valence-corrected chi connectivity index (χ4v) is 3.21. The van der Waals surface area contributed by atoms with E-state index in [1.165, 1.54) is 0 Å². The molecule has 3 nitrogen and oxygen atoms in total. The van der Waals surface area contributed by atoms with Crippen LogP contribution in [-0.4, -0.2) is 38.7 Å². The van der Waals surface area contributed by atoms with Crippen molar-refractivity contribution in [1.82, 2.24) is 5.32 Å². The lowest BCUT2D eigenvalue weighted by atomic mass is 10.0. The highest BCUT2D eigenvalue weighted by atomic mass is 28.4. The molecule has 0 amide bonds. The second kappa shape index (κ2) is 6.20. The molecular weight excluding hydrogens is 242 g/mol. The molecule has 0 unspecified atom stereocenters. The predicted molar refractivity (Wildman–Crippen MR) is 78.0 cm³/mol. The van der Waals surface area contributed by atoms with Gasteiger partial charge in [-0.1, -0.05) is 32.6 Å². The van der Waals surface area contributed by atoms with Crippen molar-refractivity contribution < 1.29 is 9.53 Å². The van der Waals surface area contributed by atoms with Crippen molar-refractivity contribution in [2.45, 2.75) is 63.9 Å². The first-order valence-electron chi connectivity index (χ1n) is 6.78. The molecule has 1 fully saturated rings. The largest absolute Gasteiger partial charge is 0.411 e. The fourth-order valence-electron chi connectivity index (χ4n) is 1.84. The third kappa shape index (κ3) is 4.10. The summed E-state index contributed by atoms with van der Waals surface area (Å²) >= 11 is 0. The monoisotopic (exact) mass is 269 g/mol. The second-order valence-electron chi connectivity index (χ2n) is 6.47. The summed E-state index contributed by atoms with van der Waals surface area (Å²) in [5, 5.41) is 12.4. The Hall–Kier alpha value is -0.343. The first-order valence-corrected chi connectivity index (χ1v) is 9.69. The van der Waals surface area contributed by atoms with Crippen LogP contribution < -0.4 is 5.32 Å². The first kappa shape index (κ1) is 15.7. The molecule has 0 aromatic heterocycles. The molecule has 1 aliphatic heterocycles. The van der Waals surface area contributed by atoms with E-state index in [0.717, 1.165) is 19.4 Å². The number of hydrogen-bond donors (Lipinski definition) is 2. The van der Waals surface area contributed by atoms with Gasteiger partial charge in [-0.15, -0.1) is 0 Å². The van der Waals surface area contributed by atoms with Gasteiger partial charge < -0.3 is 14.8 Å². The van der Waals surface area contributed by atoms with Crippen LogP contribution in [0.15, 0.2) is 0 Å². The van der Waals surface area contributed by atoms with E-state index in [9.17, 15) is 0 Å². The minimum Gasteiger partial charge on any atom is -0.411 e. The maximum Gasteiger partial charge on any atom is 0.192 e. The van der Waals surface area contributed by atoms with Gasteiger partial charge >= 0.3 is 0 Å². The molecule has 18 heavy (non-hydrogen) atoms. The zero-order valence-corrected chi connectivity index (χ0v) is 13.3. The molecule has 0 spiro atoms. The standard InChI is InChI=1S/C14H27NO2Si/c1-14(2,3)18(4,5)17-13-9-6-10-15-12(13)8-7-11-16/h12-13,15-16H,6,9-11H2,1-5H3/t12-,13+/m1/s1. The van der Waals surface area contributed by atoms with Gasteiger partial charge in [-0.25, -0.2) is 0 Å². The van der Waals surface area contributed by atoms with Crippen LogP contribution in [0.5, 0.6) is 0 Å². The van der Waals surface area contributed by atoms with E-state index in [2.05, 4.69) is 51.0 Å². The number of nitrogens with one attached hydrogen (secondary N) is 1. The van der Waals surface area contributed by atoms with E-state index in [0.29, 0.717) is 0 Å². The van der Waals surface area contributed by atoms with Gasteiger partial charge in [0.2, 0.25) is 0 Å². The normalized spacial score (nSPS) is 25.4. The van der Waals surface area contributed by atoms with Gasteiger partial charge in [0.15, 0.2) is 8.32 Å². The minimum atomic E-state index is -1.74. The molecule has 0 saturated carbocycles. The molecule has 0 radical (unpaired) electrons. The smallest absolute Gasteiger partial charge is 0.192 e. The molecule has 1 heterocycles. The van der Waals surface area contributed by atoms with E-state index in [1.807, 2.05) is 0 Å². The van der Waals surface area contributed by atoms with Crippen molar-refractivity contribution in [3.63, 3.8) is 0 Å². The Kier molecular flexibility index (Phi) is 5.41. The summed E-state index contributed by atoms with van der Waals surface area (Å²) < 4.78 is 6.45. The SMILES string of the molecule is CC(C)(C)[Si](C)(C)O[C@H]1CCCN[C@@H]1C#CCO. The highest BCUT2D eigenvalue weighted by Crippen LogP contribution is 2.38. The Balaban J connectivity index is 2.73. The summed E-state index contributed by atoms with van der Waals surface area (Å²) in [6.45, 7) is 12.2. The Morgan fingerprint density at radius 1 is 1.39 bits per heavy atom. The Labute approximate surface area is 112 Å². The van der Waals surface area contributed by atoms with Crippen LogP contribution in [-0.2, 0) is 4.43 Å². The van der Waals surface area contributed by atoms with Crippen LogP contribution in [0.25, 0.3) is 0 Å². The van der Waals surface area contributed by atoms with E-state index < -0.39 is 8.32 Å². The number of rotatable bonds is 2. The molecule has 1 aliphatic rings. The molecule has 0 aromatic carbocycles. The van der Waals surface area contributed by atoms with Crippen LogP contribution in [0.3, 0.4) is 0 Å². The molecule has 104 valence electrons. The zero-order valence-electron chi connectivity index (χ0n) is 12.3. The third-order valence-electron chi connectivity index (χ3n) is 3.99. The molecule has 2 atom stereocenters. The summed E-state index contributed by atoms with van der Waals surface area (Å²) in [7, 11) is -1.74. The molecule has 2 N–H and O–H groups in total. The van der Waals surface area contributed by atoms with Crippen molar-refractivity contribution in [3.8, 4) is 11.8 Å². The highest BCUT2D eigenvalue weighted by Gasteiger charge is 2.40. The van der Waals surface area contributed by atoms with Gasteiger partial charge in [0.05, 0.1) is 12.1 Å². The third-order valence-corrected chi connectivity index (χ3v) is 8.49. The van der Waals surface area contributed by atoms with Crippen molar-refractivity contribution in [1.29, 1.82) is 0 Å². The lowest BCUT2D eigenvalue weighted by Crippen LogP contribution is -2.52. The van der Waals surface area contributed by atoms with Crippen LogP contribution in [0.4, 0.5) is 0 Å². The average molecular weight is 269 g/mol. The van der Waals surface area contributed by atoms with Gasteiger partial charge in [0, 0.05) is 0 Å². The zero-order chi connectivity index (χ0) is 13.8. The van der Waals surface area contributed by atoms with Crippen molar-refractivity contribution in [3.05, 3.63) is 0 Å². The van der Waals surface area contributed by atoms with Crippen molar-refractivity contribution in [2.24, 2.45) is 0 Å². The van der Waals surface area contributed by atoms with Crippen LogP contribution in [0, 0.1) is 11.8 Å². The van der Waals surface area contributed by atoms with Gasteiger partial charge in [0.1, 0.15) is 6.61 Å². The van der Waals surface area contributed by atoms with Gasteiger partial charge in [-0.3, -0.25) is 0 Å². The summed E-state index contributed by atoms with van der Waals surface area (Å²) in [4.78, 5) is 0. The summed E-state index contributed by atoms with van der Waals surface area (Å²) in [6.07, 6.45) is 2.36. The second-order valence-corrected chi connectivity index (χ2v) is 11.2. The summed E-state index contributed by atoms with van der Waals surface area (Å²) in [5.41, 5.74) is 0. The molecule has 0 aliphatic carbocycles. The maximum absolute atomic E-state index is 8.81. The Morgan fingerprint density at radius 3 is 2.61 bits per heavy atom. The number of hydrogen-bond acceptors (Lipinski definition) is 3. The first-order chi connectivity index (χ1) is 8.28. The number of piperidine rings is 1. The Morgan fingerprint density at radius 2 is 2.06 bits per heavy atom.